The molecule has 0 aromatic heterocycles. The van der Waals surface area contributed by atoms with E-state index in [9.17, 15) is 10.2 Å². The van der Waals surface area contributed by atoms with Gasteiger partial charge >= 0.3 is 0 Å². The molecule has 0 bridgehead atoms. The van der Waals surface area contributed by atoms with Gasteiger partial charge in [0.25, 0.3) is 0 Å². The van der Waals surface area contributed by atoms with Gasteiger partial charge in [0.2, 0.25) is 0 Å². The van der Waals surface area contributed by atoms with Gasteiger partial charge in [-0.2, -0.15) is 0 Å². The van der Waals surface area contributed by atoms with Gasteiger partial charge in [0.05, 0.1) is 0 Å². The van der Waals surface area contributed by atoms with Crippen molar-refractivity contribution in [3.05, 3.63) is 65.7 Å². The summed E-state index contributed by atoms with van der Waals surface area (Å²) in [6, 6.07) is 16.1. The summed E-state index contributed by atoms with van der Waals surface area (Å²) in [7, 11) is 0. The molecule has 1 fully saturated rings. The summed E-state index contributed by atoms with van der Waals surface area (Å²) in [5.41, 5.74) is 3.77. The van der Waals surface area contributed by atoms with Crippen LogP contribution in [0.15, 0.2) is 54.6 Å². The monoisotopic (exact) mass is 435 g/mol. The van der Waals surface area contributed by atoms with Gasteiger partial charge in [-0.3, -0.25) is 4.90 Å². The number of benzene rings is 2. The second-order valence-corrected chi connectivity index (χ2v) is 9.45. The fourth-order valence-corrected chi connectivity index (χ4v) is 5.23. The van der Waals surface area contributed by atoms with E-state index < -0.39 is 0 Å². The number of aromatic hydroxyl groups is 1. The van der Waals surface area contributed by atoms with Crippen LogP contribution in [0.2, 0.25) is 0 Å². The van der Waals surface area contributed by atoms with Gasteiger partial charge in [0, 0.05) is 13.2 Å². The predicted molar refractivity (Wildman–Crippen MR) is 130 cm³/mol. The quantitative estimate of drug-likeness (QED) is 0.602. The van der Waals surface area contributed by atoms with Gasteiger partial charge in [-0.1, -0.05) is 43.7 Å². The van der Waals surface area contributed by atoms with Crippen molar-refractivity contribution in [1.82, 2.24) is 4.90 Å². The Morgan fingerprint density at radius 2 is 1.69 bits per heavy atom. The van der Waals surface area contributed by atoms with E-state index in [1.807, 2.05) is 12.1 Å². The number of phenolic OH excluding ortho intramolecular Hbond substituents is 1. The highest BCUT2D eigenvalue weighted by Gasteiger charge is 2.32. The maximum atomic E-state index is 9.87. The molecular weight excluding hydrogens is 398 g/mol. The first-order valence-electron chi connectivity index (χ1n) is 12.2. The number of hydrogen-bond donors (Lipinski definition) is 2. The molecule has 1 heterocycles. The largest absolute Gasteiger partial charge is 0.508 e. The van der Waals surface area contributed by atoms with Crippen molar-refractivity contribution in [2.75, 3.05) is 32.8 Å². The molecule has 2 N–H and O–H groups in total. The van der Waals surface area contributed by atoms with Crippen LogP contribution >= 0.6 is 0 Å². The minimum atomic E-state index is 0.223. The van der Waals surface area contributed by atoms with E-state index in [4.69, 9.17) is 4.74 Å². The number of aliphatic hydroxyl groups is 1. The Labute approximate surface area is 192 Å². The summed E-state index contributed by atoms with van der Waals surface area (Å²) in [5, 5.41) is 19.6. The summed E-state index contributed by atoms with van der Waals surface area (Å²) in [6.07, 6.45) is 8.10. The molecule has 0 saturated carbocycles. The van der Waals surface area contributed by atoms with Crippen molar-refractivity contribution in [3.8, 4) is 11.5 Å². The van der Waals surface area contributed by atoms with Gasteiger partial charge in [-0.15, -0.1) is 0 Å². The molecule has 172 valence electrons. The van der Waals surface area contributed by atoms with E-state index in [0.717, 1.165) is 37.3 Å². The van der Waals surface area contributed by atoms with Crippen molar-refractivity contribution < 1.29 is 14.9 Å². The molecule has 2 aromatic carbocycles. The fraction of sp³-hybridized carbons (Fsp3) is 0.500. The second kappa shape index (κ2) is 11.0. The Kier molecular flexibility index (Phi) is 7.88. The van der Waals surface area contributed by atoms with Gasteiger partial charge < -0.3 is 14.9 Å². The lowest BCUT2D eigenvalue weighted by molar-refractivity contribution is 0.157. The summed E-state index contributed by atoms with van der Waals surface area (Å²) in [5.74, 6) is 2.23. The van der Waals surface area contributed by atoms with Crippen LogP contribution in [0.1, 0.15) is 43.7 Å². The zero-order valence-electron chi connectivity index (χ0n) is 19.2. The Balaban J connectivity index is 1.40. The lowest BCUT2D eigenvalue weighted by Gasteiger charge is -2.36. The molecule has 0 spiro atoms. The lowest BCUT2D eigenvalue weighted by Crippen LogP contribution is -2.33. The highest BCUT2D eigenvalue weighted by molar-refractivity contribution is 5.69. The second-order valence-electron chi connectivity index (χ2n) is 9.45. The molecule has 4 rings (SSSR count). The topological polar surface area (TPSA) is 52.9 Å². The third-order valence-corrected chi connectivity index (χ3v) is 7.36. The minimum Gasteiger partial charge on any atom is -0.508 e. The molecule has 0 radical (unpaired) electrons. The van der Waals surface area contributed by atoms with Crippen LogP contribution in [0.4, 0.5) is 0 Å². The van der Waals surface area contributed by atoms with Crippen LogP contribution in [0, 0.1) is 17.8 Å². The van der Waals surface area contributed by atoms with Gasteiger partial charge in [0.15, 0.2) is 0 Å². The van der Waals surface area contributed by atoms with Crippen LogP contribution < -0.4 is 4.74 Å². The Hall–Kier alpha value is -2.30. The maximum Gasteiger partial charge on any atom is 0.119 e. The molecule has 4 heteroatoms. The number of allylic oxidation sites excluding steroid dienone is 2. The number of aliphatic hydroxyl groups excluding tert-OH is 1. The van der Waals surface area contributed by atoms with E-state index in [2.05, 4.69) is 42.2 Å². The number of rotatable bonds is 8. The molecule has 2 aliphatic rings. The summed E-state index contributed by atoms with van der Waals surface area (Å²) in [4.78, 5) is 2.50. The van der Waals surface area contributed by atoms with Crippen molar-refractivity contribution in [2.45, 2.75) is 39.0 Å². The highest BCUT2D eigenvalue weighted by atomic mass is 16.5. The van der Waals surface area contributed by atoms with Crippen LogP contribution in [-0.2, 0) is 6.42 Å². The first-order chi connectivity index (χ1) is 15.6. The molecule has 1 aliphatic carbocycles. The lowest BCUT2D eigenvalue weighted by atomic mass is 9.69. The van der Waals surface area contributed by atoms with Gasteiger partial charge in [0.1, 0.15) is 18.1 Å². The van der Waals surface area contributed by atoms with E-state index in [1.165, 1.54) is 43.5 Å². The average Bonchev–Trinajstić information content (AvgIpc) is 2.83. The molecule has 3 unspecified atom stereocenters. The molecule has 1 aliphatic heterocycles. The summed E-state index contributed by atoms with van der Waals surface area (Å²) < 4.78 is 6.00. The number of nitrogens with zero attached hydrogens (tertiary/aromatic N) is 1. The Morgan fingerprint density at radius 3 is 2.38 bits per heavy atom. The van der Waals surface area contributed by atoms with Crippen molar-refractivity contribution in [1.29, 1.82) is 0 Å². The molecular formula is C28H37NO3. The third kappa shape index (κ3) is 5.73. The number of likely N-dealkylation sites (tertiary alicyclic amines) is 1. The number of hydrogen-bond acceptors (Lipinski definition) is 4. The summed E-state index contributed by atoms with van der Waals surface area (Å²) in [6.45, 7) is 6.63. The first kappa shape index (κ1) is 22.9. The average molecular weight is 436 g/mol. The fourth-order valence-electron chi connectivity index (χ4n) is 5.23. The molecule has 4 nitrogen and oxygen atoms in total. The summed E-state index contributed by atoms with van der Waals surface area (Å²) >= 11 is 0. The SMILES string of the molecule is CC1C(CO)CC=C(c2ccc(O)cc2)C1Cc1ccc(OCCN2CCCCC2)cc1. The van der Waals surface area contributed by atoms with Crippen LogP contribution in [-0.4, -0.2) is 48.0 Å². The van der Waals surface area contributed by atoms with Crippen LogP contribution in [0.25, 0.3) is 5.57 Å². The highest BCUT2D eigenvalue weighted by Crippen LogP contribution is 2.41. The van der Waals surface area contributed by atoms with Gasteiger partial charge in [-0.25, -0.2) is 0 Å². The van der Waals surface area contributed by atoms with Gasteiger partial charge in [-0.05, 0) is 97.5 Å². The number of phenols is 1. The number of piperidine rings is 1. The van der Waals surface area contributed by atoms with Crippen molar-refractivity contribution >= 4 is 5.57 Å². The molecule has 0 amide bonds. The maximum absolute atomic E-state index is 9.87. The zero-order valence-corrected chi connectivity index (χ0v) is 19.2. The smallest absolute Gasteiger partial charge is 0.119 e. The first-order valence-corrected chi connectivity index (χ1v) is 12.2. The Bertz CT molecular complexity index is 869. The van der Waals surface area contributed by atoms with Crippen molar-refractivity contribution in [3.63, 3.8) is 0 Å². The number of ether oxygens (including phenoxy) is 1. The standard InChI is InChI=1S/C28H37NO3/c1-21-24(20-30)9-14-27(23-7-10-25(31)11-8-23)28(21)19-22-5-12-26(13-6-22)32-18-17-29-15-3-2-4-16-29/h5-8,10-14,21,24,28,30-31H,2-4,9,15-20H2,1H3. The normalized spacial score (nSPS) is 24.2. The van der Waals surface area contributed by atoms with E-state index in [1.54, 1.807) is 12.1 Å². The molecule has 2 aromatic rings. The third-order valence-electron chi connectivity index (χ3n) is 7.36. The Morgan fingerprint density at radius 1 is 0.969 bits per heavy atom. The predicted octanol–water partition coefficient (Wildman–Crippen LogP) is 5.15. The molecule has 32 heavy (non-hydrogen) atoms. The van der Waals surface area contributed by atoms with E-state index >= 15 is 0 Å². The minimum absolute atomic E-state index is 0.223. The van der Waals surface area contributed by atoms with E-state index in [-0.39, 0.29) is 6.61 Å². The zero-order chi connectivity index (χ0) is 22.3. The molecule has 1 saturated heterocycles. The molecule has 3 atom stereocenters. The van der Waals surface area contributed by atoms with Crippen LogP contribution in [0.3, 0.4) is 0 Å². The van der Waals surface area contributed by atoms with Crippen LogP contribution in [0.5, 0.6) is 11.5 Å². The van der Waals surface area contributed by atoms with Crippen molar-refractivity contribution in [2.24, 2.45) is 17.8 Å². The van der Waals surface area contributed by atoms with E-state index in [0.29, 0.717) is 23.5 Å².